The molecule has 0 unspecified atom stereocenters. The molecule has 12 heteroatoms. The second kappa shape index (κ2) is 31.3. The molecule has 0 spiro atoms. The van der Waals surface area contributed by atoms with Crippen LogP contribution < -0.4 is 28.4 Å². The number of carbonyl (C=O) groups is 5. The Morgan fingerprint density at radius 3 is 0.845 bits per heavy atom. The number of carbonyl (C=O) groups excluding carboxylic acids is 4. The zero-order valence-corrected chi connectivity index (χ0v) is 41.5. The summed E-state index contributed by atoms with van der Waals surface area (Å²) in [5.74, 6) is -2.89. The maximum Gasteiger partial charge on any atom is 0.343 e. The first-order valence-electron chi connectivity index (χ1n) is 25.5. The smallest absolute Gasteiger partial charge is 0.343 e. The van der Waals surface area contributed by atoms with E-state index in [9.17, 15) is 29.1 Å². The molecule has 378 valence electrons. The van der Waals surface area contributed by atoms with Crippen molar-refractivity contribution >= 4 is 29.8 Å². The van der Waals surface area contributed by atoms with Crippen LogP contribution in [0, 0.1) is 0 Å². The van der Waals surface area contributed by atoms with Gasteiger partial charge >= 0.3 is 29.8 Å². The number of ether oxygens (including phenoxy) is 6. The highest BCUT2D eigenvalue weighted by atomic mass is 16.6. The quantitative estimate of drug-likeness (QED) is 0.0241. The number of hydrogen-bond acceptors (Lipinski definition) is 11. The van der Waals surface area contributed by atoms with E-state index in [-0.39, 0.29) is 39.7 Å². The molecule has 0 radical (unpaired) electrons. The third-order valence-corrected chi connectivity index (χ3v) is 11.9. The predicted octanol–water partition coefficient (Wildman–Crippen LogP) is 14.9. The van der Waals surface area contributed by atoms with Gasteiger partial charge in [-0.25, -0.2) is 24.0 Å². The van der Waals surface area contributed by atoms with Gasteiger partial charge in [-0.3, -0.25) is 0 Å². The van der Waals surface area contributed by atoms with Crippen LogP contribution in [0.4, 0.5) is 0 Å². The molecule has 0 aromatic heterocycles. The Morgan fingerprint density at radius 2 is 0.563 bits per heavy atom. The molecule has 0 saturated carbocycles. The van der Waals surface area contributed by atoms with Crippen molar-refractivity contribution in [1.82, 2.24) is 0 Å². The van der Waals surface area contributed by atoms with Crippen LogP contribution in [0.15, 0.2) is 115 Å². The van der Waals surface area contributed by atoms with Crippen molar-refractivity contribution < 1.29 is 57.5 Å². The molecule has 0 heterocycles. The van der Waals surface area contributed by atoms with Gasteiger partial charge in [-0.2, -0.15) is 0 Å². The Bertz CT molecular complexity index is 2230. The number of hydrogen-bond donors (Lipinski definition) is 1. The van der Waals surface area contributed by atoms with E-state index in [0.717, 1.165) is 37.8 Å². The zero-order valence-electron chi connectivity index (χ0n) is 41.5. The molecule has 5 aromatic carbocycles. The molecule has 0 amide bonds. The summed E-state index contributed by atoms with van der Waals surface area (Å²) in [6.07, 6.45) is 24.9. The van der Waals surface area contributed by atoms with E-state index in [1.165, 1.54) is 157 Å². The minimum Gasteiger partial charge on any atom is -0.494 e. The Morgan fingerprint density at radius 1 is 0.310 bits per heavy atom. The fraction of sp³-hybridized carbons (Fsp3) is 0.407. The molecule has 0 saturated heterocycles. The summed E-state index contributed by atoms with van der Waals surface area (Å²) in [6, 6.07) is 28.2. The van der Waals surface area contributed by atoms with E-state index in [1.54, 1.807) is 48.5 Å². The first kappa shape index (κ1) is 55.0. The Balaban J connectivity index is 1.03. The molecule has 0 atom stereocenters. The summed E-state index contributed by atoms with van der Waals surface area (Å²) in [5, 5.41) is 9.75. The van der Waals surface area contributed by atoms with E-state index in [0.29, 0.717) is 35.8 Å². The summed E-state index contributed by atoms with van der Waals surface area (Å²) in [7, 11) is 0. The van der Waals surface area contributed by atoms with Crippen LogP contribution in [0.5, 0.6) is 34.5 Å². The van der Waals surface area contributed by atoms with Crippen molar-refractivity contribution in [2.75, 3.05) is 13.2 Å². The van der Waals surface area contributed by atoms with Crippen LogP contribution >= 0.6 is 0 Å². The van der Waals surface area contributed by atoms with Crippen molar-refractivity contribution in [1.29, 1.82) is 0 Å². The molecule has 71 heavy (non-hydrogen) atoms. The first-order chi connectivity index (χ1) is 34.6. The largest absolute Gasteiger partial charge is 0.494 e. The van der Waals surface area contributed by atoms with E-state index >= 15 is 0 Å². The molecular formula is C59H70O12. The van der Waals surface area contributed by atoms with Crippen molar-refractivity contribution in [2.24, 2.45) is 0 Å². The number of aromatic carboxylic acids is 1. The lowest BCUT2D eigenvalue weighted by molar-refractivity contribution is 0.0679. The fourth-order valence-corrected chi connectivity index (χ4v) is 7.73. The Hall–Kier alpha value is -6.95. The average Bonchev–Trinajstić information content (AvgIpc) is 3.37. The summed E-state index contributed by atoms with van der Waals surface area (Å²) >= 11 is 0. The molecule has 1 N–H and O–H groups in total. The van der Waals surface area contributed by atoms with E-state index in [4.69, 9.17) is 28.4 Å². The minimum atomic E-state index is -1.35. The van der Waals surface area contributed by atoms with Crippen LogP contribution in [0.2, 0.25) is 0 Å². The summed E-state index contributed by atoms with van der Waals surface area (Å²) < 4.78 is 33.6. The maximum atomic E-state index is 13.1. The zero-order chi connectivity index (χ0) is 50.5. The molecule has 0 bridgehead atoms. The number of esters is 4. The fourth-order valence-electron chi connectivity index (χ4n) is 7.73. The highest BCUT2D eigenvalue weighted by Crippen LogP contribution is 2.27. The van der Waals surface area contributed by atoms with Gasteiger partial charge in [0.25, 0.3) is 0 Å². The van der Waals surface area contributed by atoms with E-state index in [2.05, 4.69) is 13.8 Å². The third kappa shape index (κ3) is 20.5. The minimum absolute atomic E-state index is 0.0783. The lowest BCUT2D eigenvalue weighted by Crippen LogP contribution is -2.12. The van der Waals surface area contributed by atoms with Crippen LogP contribution in [-0.2, 0) is 0 Å². The van der Waals surface area contributed by atoms with Crippen molar-refractivity contribution in [3.8, 4) is 34.5 Å². The molecule has 5 aromatic rings. The third-order valence-electron chi connectivity index (χ3n) is 11.9. The molecule has 0 aliphatic heterocycles. The summed E-state index contributed by atoms with van der Waals surface area (Å²) in [5.41, 5.74) is 0.504. The lowest BCUT2D eigenvalue weighted by Gasteiger charge is -2.10. The molecular weight excluding hydrogens is 901 g/mol. The first-order valence-corrected chi connectivity index (χ1v) is 25.5. The van der Waals surface area contributed by atoms with Gasteiger partial charge in [0.1, 0.15) is 34.5 Å². The van der Waals surface area contributed by atoms with Gasteiger partial charge in [-0.05, 0) is 122 Å². The SMILES string of the molecule is CCCCCCCCCCCCOc1ccc(C(=O)Oc2ccc(C(=O)Oc3cc(OC(=O)c4ccc(OC(=O)c5ccc(OCCCCCCCCCCCC)cc5)cc4)cc(C(=O)O)c3)cc2)cc1. The monoisotopic (exact) mass is 970 g/mol. The molecule has 0 aliphatic rings. The molecule has 12 nitrogen and oxygen atoms in total. The second-order valence-electron chi connectivity index (χ2n) is 17.7. The van der Waals surface area contributed by atoms with Gasteiger partial charge in [0.15, 0.2) is 0 Å². The number of carboxylic acids is 1. The van der Waals surface area contributed by atoms with Gasteiger partial charge in [0.2, 0.25) is 0 Å². The van der Waals surface area contributed by atoms with Crippen molar-refractivity contribution in [3.05, 3.63) is 143 Å². The van der Waals surface area contributed by atoms with E-state index in [1.807, 2.05) is 0 Å². The molecule has 0 fully saturated rings. The van der Waals surface area contributed by atoms with Gasteiger partial charge in [-0.15, -0.1) is 0 Å². The van der Waals surface area contributed by atoms with Crippen LogP contribution in [-0.4, -0.2) is 48.2 Å². The van der Waals surface area contributed by atoms with Crippen LogP contribution in [0.3, 0.4) is 0 Å². The van der Waals surface area contributed by atoms with Crippen LogP contribution in [0.1, 0.15) is 194 Å². The maximum absolute atomic E-state index is 13.1. The number of unbranched alkanes of at least 4 members (excludes halogenated alkanes) is 18. The second-order valence-corrected chi connectivity index (χ2v) is 17.7. The number of benzene rings is 5. The highest BCUT2D eigenvalue weighted by molar-refractivity contribution is 5.95. The standard InChI is InChI=1S/C59H70O12/c1-3-5-7-9-11-13-15-17-19-21-39-66-49-31-23-44(24-32-49)56(62)68-51-35-27-46(28-36-51)58(64)70-53-41-48(55(60)61)42-54(43-53)71-59(65)47-29-37-52(38-30-47)69-57(63)45-25-33-50(34-26-45)67-40-22-20-18-16-14-12-10-8-6-4-2/h23-38,41-43H,3-22,39-40H2,1-2H3,(H,60,61). The molecule has 5 rings (SSSR count). The van der Waals surface area contributed by atoms with Gasteiger partial charge in [0, 0.05) is 6.07 Å². The summed E-state index contributed by atoms with van der Waals surface area (Å²) in [6.45, 7) is 5.69. The van der Waals surface area contributed by atoms with Crippen molar-refractivity contribution in [2.45, 2.75) is 142 Å². The number of rotatable bonds is 33. The highest BCUT2D eigenvalue weighted by Gasteiger charge is 2.18. The van der Waals surface area contributed by atoms with Crippen LogP contribution in [0.25, 0.3) is 0 Å². The average molecular weight is 971 g/mol. The topological polar surface area (TPSA) is 161 Å². The Labute approximate surface area is 419 Å². The van der Waals surface area contributed by atoms with Gasteiger partial charge < -0.3 is 33.5 Å². The molecule has 0 aliphatic carbocycles. The van der Waals surface area contributed by atoms with E-state index < -0.39 is 29.8 Å². The lowest BCUT2D eigenvalue weighted by atomic mass is 10.1. The predicted molar refractivity (Wildman–Crippen MR) is 274 cm³/mol. The Kier molecular flexibility index (Phi) is 24.2. The normalized spacial score (nSPS) is 10.8. The van der Waals surface area contributed by atoms with Gasteiger partial charge in [-0.1, -0.05) is 129 Å². The van der Waals surface area contributed by atoms with Gasteiger partial charge in [0.05, 0.1) is 41.0 Å². The summed E-state index contributed by atoms with van der Waals surface area (Å²) in [4.78, 5) is 63.9. The van der Waals surface area contributed by atoms with Crippen molar-refractivity contribution in [3.63, 3.8) is 0 Å². The number of carboxylic acid groups (broad SMARTS) is 1.